The van der Waals surface area contributed by atoms with Crippen LogP contribution in [0.4, 0.5) is 0 Å². The van der Waals surface area contributed by atoms with Crippen LogP contribution in [0.15, 0.2) is 18.2 Å². The number of nitrogens with zero attached hydrogens (tertiary/aromatic N) is 1. The van der Waals surface area contributed by atoms with Crippen LogP contribution >= 0.6 is 0 Å². The molecule has 1 heterocycles. The summed E-state index contributed by atoms with van der Waals surface area (Å²) >= 11 is 0. The minimum Gasteiger partial charge on any atom is -0.489 e. The number of nitrogens with one attached hydrogen (secondary N) is 2. The summed E-state index contributed by atoms with van der Waals surface area (Å²) in [7, 11) is -2.20. The normalized spacial score (nSPS) is 11.0. The molecule has 1 aromatic carbocycles. The Kier molecular flexibility index (Phi) is 6.76. The molecule has 9 nitrogen and oxygen atoms in total. The van der Waals surface area contributed by atoms with E-state index in [4.69, 9.17) is 20.4 Å². The molecule has 0 unspecified atom stereocenters. The Morgan fingerprint density at radius 3 is 2.38 bits per heavy atom. The predicted octanol–water partition coefficient (Wildman–Crippen LogP) is 1.73. The Labute approximate surface area is 152 Å². The van der Waals surface area contributed by atoms with Crippen molar-refractivity contribution < 1.29 is 22.5 Å². The molecule has 1 aromatic heterocycles. The van der Waals surface area contributed by atoms with Gasteiger partial charge in [0, 0.05) is 12.4 Å². The van der Waals surface area contributed by atoms with Crippen LogP contribution in [-0.2, 0) is 10.1 Å². The van der Waals surface area contributed by atoms with Crippen molar-refractivity contribution in [3.05, 3.63) is 29.5 Å². The monoisotopic (exact) mass is 384 g/mol. The topological polar surface area (TPSA) is 150 Å². The number of rotatable bonds is 3. The number of aromatic nitrogens is 1. The lowest BCUT2D eigenvalue weighted by atomic mass is 10.1. The number of carbonyl (C=O) groups is 1. The number of hydrogen-bond donors (Lipinski definition) is 4. The number of H-pyrrole nitrogens is 1. The number of fused-ring (bicyclic) bond motifs is 1. The van der Waals surface area contributed by atoms with E-state index in [0.29, 0.717) is 17.7 Å². The summed E-state index contributed by atoms with van der Waals surface area (Å²) in [6, 6.07) is 5.60. The molecule has 26 heavy (non-hydrogen) atoms. The Balaban J connectivity index is 0.000000597. The van der Waals surface area contributed by atoms with Gasteiger partial charge in [0.05, 0.1) is 17.9 Å². The minimum absolute atomic E-state index is 0.0400. The first-order valence-electron chi connectivity index (χ1n) is 7.64. The molecule has 0 radical (unpaired) electrons. The summed E-state index contributed by atoms with van der Waals surface area (Å²) in [4.78, 5) is 16.4. The van der Waals surface area contributed by atoms with Crippen LogP contribution in [0.2, 0.25) is 0 Å². The average molecular weight is 384 g/mol. The molecule has 0 aliphatic rings. The van der Waals surface area contributed by atoms with Gasteiger partial charge in [-0.1, -0.05) is 6.07 Å². The fourth-order valence-corrected chi connectivity index (χ4v) is 2.09. The summed E-state index contributed by atoms with van der Waals surface area (Å²) in [5, 5.41) is 8.26. The van der Waals surface area contributed by atoms with Gasteiger partial charge in [0.1, 0.15) is 11.4 Å². The number of nitrogens with two attached hydrogens (primary N) is 1. The van der Waals surface area contributed by atoms with E-state index in [1.54, 1.807) is 6.07 Å². The van der Waals surface area contributed by atoms with Crippen molar-refractivity contribution in [2.45, 2.75) is 26.9 Å². The van der Waals surface area contributed by atoms with Gasteiger partial charge in [0.2, 0.25) is 0 Å². The zero-order valence-corrected chi connectivity index (χ0v) is 16.1. The predicted molar refractivity (Wildman–Crippen MR) is 100 cm³/mol. The smallest absolute Gasteiger partial charge is 0.276 e. The number of aryl methyl sites for hydroxylation is 1. The van der Waals surface area contributed by atoms with E-state index in [2.05, 4.69) is 4.98 Å². The fraction of sp³-hybridized carbons (Fsp3) is 0.375. The second-order valence-electron chi connectivity index (χ2n) is 6.00. The number of carbonyl (C=O) groups excluding carboxylic acids is 1. The lowest BCUT2D eigenvalue weighted by molar-refractivity contribution is 0.0864. The van der Waals surface area contributed by atoms with Crippen molar-refractivity contribution in [1.29, 1.82) is 5.41 Å². The van der Waals surface area contributed by atoms with Gasteiger partial charge in [0.25, 0.3) is 16.0 Å². The van der Waals surface area contributed by atoms with Gasteiger partial charge in [-0.15, -0.1) is 0 Å². The lowest BCUT2D eigenvalue weighted by Crippen LogP contribution is -2.38. The zero-order valence-electron chi connectivity index (χ0n) is 15.3. The summed E-state index contributed by atoms with van der Waals surface area (Å²) < 4.78 is 31.6. The Morgan fingerprint density at radius 1 is 1.38 bits per heavy atom. The molecule has 0 saturated carbocycles. The molecule has 144 valence electrons. The molecule has 0 aliphatic carbocycles. The van der Waals surface area contributed by atoms with Gasteiger partial charge in [0.15, 0.2) is 5.96 Å². The van der Waals surface area contributed by atoms with Crippen LogP contribution in [0.1, 0.15) is 29.9 Å². The van der Waals surface area contributed by atoms with Gasteiger partial charge in [-0.3, -0.25) is 19.7 Å². The molecule has 2 rings (SSSR count). The van der Waals surface area contributed by atoms with Crippen molar-refractivity contribution in [2.24, 2.45) is 5.73 Å². The largest absolute Gasteiger partial charge is 0.489 e. The average Bonchev–Trinajstić information content (AvgIpc) is 2.92. The third kappa shape index (κ3) is 6.05. The molecule has 0 bridgehead atoms. The number of hydrogen-bond acceptors (Lipinski definition) is 5. The van der Waals surface area contributed by atoms with Crippen molar-refractivity contribution in [2.75, 3.05) is 13.3 Å². The van der Waals surface area contributed by atoms with Crippen LogP contribution in [0, 0.1) is 12.3 Å². The van der Waals surface area contributed by atoms with E-state index in [9.17, 15) is 13.2 Å². The molecular weight excluding hydrogens is 360 g/mol. The van der Waals surface area contributed by atoms with E-state index in [-0.39, 0.29) is 18.0 Å². The van der Waals surface area contributed by atoms with E-state index >= 15 is 0 Å². The third-order valence-electron chi connectivity index (χ3n) is 3.23. The third-order valence-corrected chi connectivity index (χ3v) is 3.23. The Morgan fingerprint density at radius 2 is 1.92 bits per heavy atom. The second kappa shape index (κ2) is 8.19. The first kappa shape index (κ1) is 21.5. The number of guanidine groups is 1. The van der Waals surface area contributed by atoms with Crippen LogP contribution in [-0.4, -0.2) is 54.1 Å². The van der Waals surface area contributed by atoms with Crippen molar-refractivity contribution in [3.63, 3.8) is 0 Å². The van der Waals surface area contributed by atoms with Gasteiger partial charge >= 0.3 is 0 Å². The fourth-order valence-electron chi connectivity index (χ4n) is 2.09. The van der Waals surface area contributed by atoms with E-state index in [1.165, 1.54) is 7.05 Å². The van der Waals surface area contributed by atoms with Crippen LogP contribution in [0.5, 0.6) is 5.75 Å². The highest BCUT2D eigenvalue weighted by molar-refractivity contribution is 7.85. The maximum atomic E-state index is 12.2. The number of amides is 1. The van der Waals surface area contributed by atoms with Gasteiger partial charge in [-0.25, -0.2) is 0 Å². The number of aromatic amines is 1. The number of benzene rings is 1. The molecule has 0 saturated heterocycles. The number of ether oxygens (including phenoxy) is 1. The zero-order chi connectivity index (χ0) is 20.2. The maximum absolute atomic E-state index is 12.2. The molecule has 0 aliphatic heterocycles. The second-order valence-corrected chi connectivity index (χ2v) is 7.47. The van der Waals surface area contributed by atoms with Crippen LogP contribution in [0.3, 0.4) is 0 Å². The Bertz CT molecular complexity index is 910. The molecule has 1 amide bonds. The molecule has 0 spiro atoms. The molecular formula is C16H24N4O5S. The van der Waals surface area contributed by atoms with Crippen molar-refractivity contribution in [1.82, 2.24) is 9.88 Å². The summed E-state index contributed by atoms with van der Waals surface area (Å²) in [5.41, 5.74) is 7.55. The molecule has 0 fully saturated rings. The van der Waals surface area contributed by atoms with Crippen LogP contribution in [0.25, 0.3) is 10.9 Å². The highest BCUT2D eigenvalue weighted by atomic mass is 32.2. The van der Waals surface area contributed by atoms with E-state index in [1.807, 2.05) is 32.9 Å². The molecule has 0 atom stereocenters. The highest BCUT2D eigenvalue weighted by Gasteiger charge is 2.18. The first-order chi connectivity index (χ1) is 11.8. The lowest BCUT2D eigenvalue weighted by Gasteiger charge is -2.13. The first-order valence-corrected chi connectivity index (χ1v) is 9.49. The van der Waals surface area contributed by atoms with Gasteiger partial charge in [-0.05, 0) is 38.5 Å². The van der Waals surface area contributed by atoms with Crippen LogP contribution < -0.4 is 10.5 Å². The van der Waals surface area contributed by atoms with E-state index in [0.717, 1.165) is 21.4 Å². The summed E-state index contributed by atoms with van der Waals surface area (Å²) in [5.74, 6) is 0.0535. The summed E-state index contributed by atoms with van der Waals surface area (Å²) in [6.07, 6.45) is 0.755. The van der Waals surface area contributed by atoms with Gasteiger partial charge in [-0.2, -0.15) is 8.42 Å². The standard InChI is InChI=1S/C15H20N4O2.CH4O3S/c1-8(2)21-12-6-5-9(3)10-7-11(18-13(10)12)14(20)19(4)15(16)17;1-5(2,3)4/h5-8,18H,1-4H3,(H3,16,17);1H3,(H,2,3,4). The Hall–Kier alpha value is -2.59. The van der Waals surface area contributed by atoms with Gasteiger partial charge < -0.3 is 15.5 Å². The quantitative estimate of drug-likeness (QED) is 0.359. The molecule has 5 N–H and O–H groups in total. The highest BCUT2D eigenvalue weighted by Crippen LogP contribution is 2.29. The SMILES string of the molecule is CS(=O)(=O)O.Cc1ccc(OC(C)C)c2[nH]c(C(=O)N(C)C(=N)N)cc12. The molecule has 10 heteroatoms. The summed E-state index contributed by atoms with van der Waals surface area (Å²) in [6.45, 7) is 5.87. The van der Waals surface area contributed by atoms with Crippen molar-refractivity contribution in [3.8, 4) is 5.75 Å². The van der Waals surface area contributed by atoms with Crippen molar-refractivity contribution >= 4 is 32.9 Å². The maximum Gasteiger partial charge on any atom is 0.276 e. The van der Waals surface area contributed by atoms with E-state index < -0.39 is 10.1 Å². The minimum atomic E-state index is -3.67. The molecule has 2 aromatic rings.